The van der Waals surface area contributed by atoms with E-state index in [4.69, 9.17) is 0 Å². The van der Waals surface area contributed by atoms with Crippen molar-refractivity contribution in [2.75, 3.05) is 18.4 Å². The Bertz CT molecular complexity index is 334. The van der Waals surface area contributed by atoms with Crippen molar-refractivity contribution in [3.05, 3.63) is 11.1 Å². The summed E-state index contributed by atoms with van der Waals surface area (Å²) >= 11 is 1.78. The maximum absolute atomic E-state index is 4.43. The van der Waals surface area contributed by atoms with E-state index in [1.807, 2.05) is 6.20 Å². The van der Waals surface area contributed by atoms with Crippen molar-refractivity contribution in [1.29, 1.82) is 0 Å². The zero-order valence-electron chi connectivity index (χ0n) is 12.4. The summed E-state index contributed by atoms with van der Waals surface area (Å²) in [6.07, 6.45) is 3.15. The summed E-state index contributed by atoms with van der Waals surface area (Å²) in [4.78, 5) is 8.29. The molecule has 1 heterocycles. The van der Waals surface area contributed by atoms with E-state index in [-0.39, 0.29) is 0 Å². The van der Waals surface area contributed by atoms with Crippen LogP contribution in [-0.2, 0) is 6.54 Å². The van der Waals surface area contributed by atoms with Crippen molar-refractivity contribution in [3.8, 4) is 0 Å². The van der Waals surface area contributed by atoms with Gasteiger partial charge in [-0.2, -0.15) is 0 Å². The SMILES string of the molecule is CCCNc1ncc(CN(CC(C)C)C(C)C)s1. The van der Waals surface area contributed by atoms with Crippen LogP contribution in [-0.4, -0.2) is 29.0 Å². The molecule has 1 N–H and O–H groups in total. The summed E-state index contributed by atoms with van der Waals surface area (Å²) in [6.45, 7) is 14.4. The fraction of sp³-hybridized carbons (Fsp3) is 0.786. The van der Waals surface area contributed by atoms with Crippen molar-refractivity contribution in [3.63, 3.8) is 0 Å². The van der Waals surface area contributed by atoms with Gasteiger partial charge in [-0.3, -0.25) is 4.90 Å². The number of hydrogen-bond acceptors (Lipinski definition) is 4. The van der Waals surface area contributed by atoms with Crippen LogP contribution in [0.5, 0.6) is 0 Å². The smallest absolute Gasteiger partial charge is 0.182 e. The van der Waals surface area contributed by atoms with Gasteiger partial charge in [0.1, 0.15) is 0 Å². The van der Waals surface area contributed by atoms with Crippen molar-refractivity contribution in [2.45, 2.75) is 53.6 Å². The average Bonchev–Trinajstić information content (AvgIpc) is 2.72. The third kappa shape index (κ3) is 5.36. The third-order valence-corrected chi connectivity index (χ3v) is 3.71. The number of nitrogens with one attached hydrogen (secondary N) is 1. The monoisotopic (exact) mass is 269 g/mol. The summed E-state index contributed by atoms with van der Waals surface area (Å²) < 4.78 is 0. The Morgan fingerprint density at radius 2 is 2.06 bits per heavy atom. The average molecular weight is 269 g/mol. The molecule has 0 saturated carbocycles. The molecule has 1 aromatic heterocycles. The molecule has 0 amide bonds. The molecule has 0 aromatic carbocycles. The summed E-state index contributed by atoms with van der Waals surface area (Å²) in [6, 6.07) is 0.585. The Morgan fingerprint density at radius 3 is 2.61 bits per heavy atom. The highest BCUT2D eigenvalue weighted by Gasteiger charge is 2.13. The van der Waals surface area contributed by atoms with Crippen molar-refractivity contribution < 1.29 is 0 Å². The van der Waals surface area contributed by atoms with Gasteiger partial charge in [0.2, 0.25) is 0 Å². The molecule has 104 valence electrons. The number of rotatable bonds is 8. The summed E-state index contributed by atoms with van der Waals surface area (Å²) in [5, 5.41) is 4.40. The van der Waals surface area contributed by atoms with Crippen LogP contribution < -0.4 is 5.32 Å². The van der Waals surface area contributed by atoms with Crippen LogP contribution in [0.2, 0.25) is 0 Å². The summed E-state index contributed by atoms with van der Waals surface area (Å²) in [7, 11) is 0. The first kappa shape index (κ1) is 15.4. The predicted molar refractivity (Wildman–Crippen MR) is 81.3 cm³/mol. The fourth-order valence-corrected chi connectivity index (χ4v) is 2.69. The van der Waals surface area contributed by atoms with Gasteiger partial charge in [0, 0.05) is 36.8 Å². The molecule has 0 bridgehead atoms. The quantitative estimate of drug-likeness (QED) is 0.777. The standard InChI is InChI=1S/C14H27N3S/c1-6-7-15-14-16-8-13(18-14)10-17(12(4)5)9-11(2)3/h8,11-12H,6-7,9-10H2,1-5H3,(H,15,16). The minimum absolute atomic E-state index is 0.585. The lowest BCUT2D eigenvalue weighted by atomic mass is 10.2. The first-order chi connectivity index (χ1) is 8.52. The largest absolute Gasteiger partial charge is 0.362 e. The van der Waals surface area contributed by atoms with E-state index in [0.717, 1.165) is 31.2 Å². The van der Waals surface area contributed by atoms with Crippen molar-refractivity contribution in [2.24, 2.45) is 5.92 Å². The van der Waals surface area contributed by atoms with Crippen LogP contribution in [0.15, 0.2) is 6.20 Å². The van der Waals surface area contributed by atoms with E-state index in [1.165, 1.54) is 4.88 Å². The molecule has 0 unspecified atom stereocenters. The van der Waals surface area contributed by atoms with Gasteiger partial charge in [0.05, 0.1) is 0 Å². The van der Waals surface area contributed by atoms with E-state index in [0.29, 0.717) is 12.0 Å². The first-order valence-electron chi connectivity index (χ1n) is 6.95. The first-order valence-corrected chi connectivity index (χ1v) is 7.77. The molecule has 0 aliphatic heterocycles. The minimum atomic E-state index is 0.585. The summed E-state index contributed by atoms with van der Waals surface area (Å²) in [5.41, 5.74) is 0. The van der Waals surface area contributed by atoms with E-state index < -0.39 is 0 Å². The highest BCUT2D eigenvalue weighted by molar-refractivity contribution is 7.15. The van der Waals surface area contributed by atoms with Gasteiger partial charge >= 0.3 is 0 Å². The van der Waals surface area contributed by atoms with Gasteiger partial charge in [0.15, 0.2) is 5.13 Å². The Hall–Kier alpha value is -0.610. The second-order valence-electron chi connectivity index (χ2n) is 5.48. The van der Waals surface area contributed by atoms with Crippen molar-refractivity contribution in [1.82, 2.24) is 9.88 Å². The molecule has 3 nitrogen and oxygen atoms in total. The van der Waals surface area contributed by atoms with Gasteiger partial charge in [0.25, 0.3) is 0 Å². The predicted octanol–water partition coefficient (Wildman–Crippen LogP) is 3.83. The summed E-state index contributed by atoms with van der Waals surface area (Å²) in [5.74, 6) is 0.706. The Labute approximate surface area is 116 Å². The highest BCUT2D eigenvalue weighted by Crippen LogP contribution is 2.21. The normalized spacial score (nSPS) is 11.8. The number of anilines is 1. The van der Waals surface area contributed by atoms with E-state index >= 15 is 0 Å². The minimum Gasteiger partial charge on any atom is -0.362 e. The molecule has 4 heteroatoms. The Kier molecular flexibility index (Phi) is 6.65. The molecule has 0 spiro atoms. The van der Waals surface area contributed by atoms with Crippen LogP contribution >= 0.6 is 11.3 Å². The molecule has 18 heavy (non-hydrogen) atoms. The lowest BCUT2D eigenvalue weighted by Gasteiger charge is -2.27. The zero-order valence-corrected chi connectivity index (χ0v) is 13.2. The fourth-order valence-electron chi connectivity index (χ4n) is 1.82. The van der Waals surface area contributed by atoms with Crippen LogP contribution in [0.1, 0.15) is 45.9 Å². The van der Waals surface area contributed by atoms with E-state index in [9.17, 15) is 0 Å². The molecular formula is C14H27N3S. The lowest BCUT2D eigenvalue weighted by molar-refractivity contribution is 0.191. The second-order valence-corrected chi connectivity index (χ2v) is 6.59. The lowest BCUT2D eigenvalue weighted by Crippen LogP contribution is -2.33. The molecule has 1 aromatic rings. The number of thiazole rings is 1. The molecule has 0 fully saturated rings. The molecule has 0 saturated heterocycles. The number of hydrogen-bond donors (Lipinski definition) is 1. The number of nitrogens with zero attached hydrogens (tertiary/aromatic N) is 2. The molecule has 0 radical (unpaired) electrons. The molecule has 1 rings (SSSR count). The van der Waals surface area contributed by atoms with Gasteiger partial charge in [-0.15, -0.1) is 11.3 Å². The van der Waals surface area contributed by atoms with Gasteiger partial charge in [-0.25, -0.2) is 4.98 Å². The highest BCUT2D eigenvalue weighted by atomic mass is 32.1. The maximum Gasteiger partial charge on any atom is 0.182 e. The van der Waals surface area contributed by atoms with E-state index in [1.54, 1.807) is 11.3 Å². The molecular weight excluding hydrogens is 242 g/mol. The zero-order chi connectivity index (χ0) is 13.5. The second kappa shape index (κ2) is 7.74. The molecule has 0 aliphatic rings. The van der Waals surface area contributed by atoms with Crippen LogP contribution in [0, 0.1) is 5.92 Å². The topological polar surface area (TPSA) is 28.2 Å². The number of aromatic nitrogens is 1. The van der Waals surface area contributed by atoms with E-state index in [2.05, 4.69) is 49.8 Å². The maximum atomic E-state index is 4.43. The Morgan fingerprint density at radius 1 is 1.33 bits per heavy atom. The van der Waals surface area contributed by atoms with Gasteiger partial charge in [-0.05, 0) is 26.2 Å². The van der Waals surface area contributed by atoms with Crippen molar-refractivity contribution >= 4 is 16.5 Å². The molecule has 0 atom stereocenters. The van der Waals surface area contributed by atoms with Gasteiger partial charge in [-0.1, -0.05) is 20.8 Å². The molecule has 0 aliphatic carbocycles. The Balaban J connectivity index is 2.55. The van der Waals surface area contributed by atoms with Crippen LogP contribution in [0.4, 0.5) is 5.13 Å². The van der Waals surface area contributed by atoms with Gasteiger partial charge < -0.3 is 5.32 Å². The third-order valence-electron chi connectivity index (χ3n) is 2.77. The van der Waals surface area contributed by atoms with Crippen LogP contribution in [0.25, 0.3) is 0 Å². The van der Waals surface area contributed by atoms with Crippen LogP contribution in [0.3, 0.4) is 0 Å².